The number of hydrogen-bond donors (Lipinski definition) is 0. The zero-order valence-electron chi connectivity index (χ0n) is 12.4. The number of hydrogen-bond acceptors (Lipinski definition) is 4. The van der Waals surface area contributed by atoms with Crippen LogP contribution >= 0.6 is 0 Å². The van der Waals surface area contributed by atoms with E-state index in [1.165, 1.54) is 6.26 Å². The number of furan rings is 1. The second kappa shape index (κ2) is 5.89. The number of amides is 1. The fourth-order valence-electron chi connectivity index (χ4n) is 2.26. The Morgan fingerprint density at radius 2 is 2.05 bits per heavy atom. The Morgan fingerprint density at radius 1 is 1.18 bits per heavy atom. The molecule has 1 unspecified atom stereocenters. The van der Waals surface area contributed by atoms with Gasteiger partial charge in [-0.15, -0.1) is 0 Å². The van der Waals surface area contributed by atoms with Crippen molar-refractivity contribution < 1.29 is 13.7 Å². The Morgan fingerprint density at radius 3 is 2.73 bits per heavy atom. The summed E-state index contributed by atoms with van der Waals surface area (Å²) < 4.78 is 10.2. The summed E-state index contributed by atoms with van der Waals surface area (Å²) in [5.41, 5.74) is 2.20. The third-order valence-electron chi connectivity index (χ3n) is 3.70. The van der Waals surface area contributed by atoms with Crippen molar-refractivity contribution in [2.75, 3.05) is 7.05 Å². The van der Waals surface area contributed by atoms with Crippen LogP contribution in [0.3, 0.4) is 0 Å². The van der Waals surface area contributed by atoms with Crippen LogP contribution < -0.4 is 0 Å². The highest BCUT2D eigenvalue weighted by atomic mass is 16.5. The first-order chi connectivity index (χ1) is 10.7. The van der Waals surface area contributed by atoms with Crippen molar-refractivity contribution in [3.8, 4) is 11.3 Å². The van der Waals surface area contributed by atoms with Crippen LogP contribution in [0.25, 0.3) is 11.3 Å². The highest BCUT2D eigenvalue weighted by Gasteiger charge is 2.21. The molecule has 1 aromatic carbocycles. The molecule has 0 radical (unpaired) electrons. The average Bonchev–Trinajstić information content (AvgIpc) is 3.25. The van der Waals surface area contributed by atoms with Gasteiger partial charge in [-0.05, 0) is 31.2 Å². The molecule has 0 aliphatic carbocycles. The zero-order chi connectivity index (χ0) is 15.5. The van der Waals surface area contributed by atoms with Crippen molar-refractivity contribution in [1.82, 2.24) is 10.1 Å². The van der Waals surface area contributed by atoms with Gasteiger partial charge >= 0.3 is 0 Å². The van der Waals surface area contributed by atoms with E-state index in [1.807, 2.05) is 37.3 Å². The van der Waals surface area contributed by atoms with Crippen LogP contribution in [-0.4, -0.2) is 23.0 Å². The summed E-state index contributed by atoms with van der Waals surface area (Å²) in [4.78, 5) is 14.3. The fourth-order valence-corrected chi connectivity index (χ4v) is 2.26. The summed E-state index contributed by atoms with van der Waals surface area (Å²) in [5.74, 6) is 0.658. The van der Waals surface area contributed by atoms with Gasteiger partial charge in [0.25, 0.3) is 5.91 Å². The number of benzene rings is 1. The maximum absolute atomic E-state index is 12.6. The lowest BCUT2D eigenvalue weighted by molar-refractivity contribution is 0.0737. The molecule has 5 heteroatoms. The van der Waals surface area contributed by atoms with Crippen molar-refractivity contribution in [2.45, 2.75) is 13.0 Å². The predicted octanol–water partition coefficient (Wildman–Crippen LogP) is 3.77. The molecule has 5 nitrogen and oxygen atoms in total. The average molecular weight is 296 g/mol. The molecule has 1 atom stereocenters. The van der Waals surface area contributed by atoms with E-state index in [-0.39, 0.29) is 11.9 Å². The third-order valence-corrected chi connectivity index (χ3v) is 3.70. The molecule has 3 aromatic rings. The minimum Gasteiger partial charge on any atom is -0.464 e. The summed E-state index contributed by atoms with van der Waals surface area (Å²) in [6, 6.07) is 12.7. The summed E-state index contributed by atoms with van der Waals surface area (Å²) in [5, 5.41) is 3.89. The SMILES string of the molecule is CC(c1ccon1)N(C)C(=O)c1cccc(-c2ccco2)c1. The van der Waals surface area contributed by atoms with Gasteiger partial charge in [0.05, 0.1) is 12.3 Å². The van der Waals surface area contributed by atoms with Crippen molar-refractivity contribution in [1.29, 1.82) is 0 Å². The lowest BCUT2D eigenvalue weighted by atomic mass is 10.1. The van der Waals surface area contributed by atoms with Gasteiger partial charge in [-0.25, -0.2) is 0 Å². The zero-order valence-corrected chi connectivity index (χ0v) is 12.4. The number of aromatic nitrogens is 1. The summed E-state index contributed by atoms with van der Waals surface area (Å²) in [7, 11) is 1.75. The second-order valence-corrected chi connectivity index (χ2v) is 5.07. The smallest absolute Gasteiger partial charge is 0.254 e. The van der Waals surface area contributed by atoms with Crippen LogP contribution in [-0.2, 0) is 0 Å². The first-order valence-corrected chi connectivity index (χ1v) is 6.98. The Balaban J connectivity index is 1.84. The number of carbonyl (C=O) groups is 1. The van der Waals surface area contributed by atoms with Crippen LogP contribution in [0.15, 0.2) is 63.9 Å². The summed E-state index contributed by atoms with van der Waals surface area (Å²) >= 11 is 0. The predicted molar refractivity (Wildman–Crippen MR) is 81.2 cm³/mol. The second-order valence-electron chi connectivity index (χ2n) is 5.07. The van der Waals surface area contributed by atoms with Gasteiger partial charge in [-0.1, -0.05) is 17.3 Å². The lowest BCUT2D eigenvalue weighted by Crippen LogP contribution is -2.29. The molecule has 0 N–H and O–H groups in total. The topological polar surface area (TPSA) is 59.5 Å². The number of carbonyl (C=O) groups excluding carboxylic acids is 1. The first kappa shape index (κ1) is 14.1. The molecule has 0 bridgehead atoms. The molecule has 0 aliphatic heterocycles. The van der Waals surface area contributed by atoms with Crippen molar-refractivity contribution >= 4 is 5.91 Å². The fraction of sp³-hybridized carbons (Fsp3) is 0.176. The highest BCUT2D eigenvalue weighted by Crippen LogP contribution is 2.23. The van der Waals surface area contributed by atoms with Crippen LogP contribution in [0.2, 0.25) is 0 Å². The molecule has 0 saturated carbocycles. The molecule has 0 spiro atoms. The van der Waals surface area contributed by atoms with Gasteiger partial charge < -0.3 is 13.8 Å². The Labute approximate surface area is 128 Å². The molecule has 22 heavy (non-hydrogen) atoms. The number of nitrogens with zero attached hydrogens (tertiary/aromatic N) is 2. The van der Waals surface area contributed by atoms with Gasteiger partial charge in [0.1, 0.15) is 17.7 Å². The lowest BCUT2D eigenvalue weighted by Gasteiger charge is -2.23. The molecule has 0 aliphatic rings. The summed E-state index contributed by atoms with van der Waals surface area (Å²) in [6.07, 6.45) is 3.12. The molecule has 112 valence electrons. The Bertz CT molecular complexity index is 748. The molecule has 1 amide bonds. The highest BCUT2D eigenvalue weighted by molar-refractivity contribution is 5.95. The normalized spacial score (nSPS) is 12.1. The van der Waals surface area contributed by atoms with E-state index in [0.29, 0.717) is 5.56 Å². The molecule has 2 heterocycles. The van der Waals surface area contributed by atoms with E-state index in [9.17, 15) is 4.79 Å². The van der Waals surface area contributed by atoms with Crippen molar-refractivity contribution in [3.05, 3.63) is 66.2 Å². The third kappa shape index (κ3) is 2.65. The molecule has 0 fully saturated rings. The van der Waals surface area contributed by atoms with E-state index < -0.39 is 0 Å². The van der Waals surface area contributed by atoms with E-state index in [0.717, 1.165) is 17.0 Å². The van der Waals surface area contributed by atoms with E-state index >= 15 is 0 Å². The van der Waals surface area contributed by atoms with E-state index in [4.69, 9.17) is 8.94 Å². The van der Waals surface area contributed by atoms with Crippen molar-refractivity contribution in [3.63, 3.8) is 0 Å². The molecular weight excluding hydrogens is 280 g/mol. The molecular formula is C17H16N2O3. The molecule has 0 saturated heterocycles. The number of rotatable bonds is 4. The van der Waals surface area contributed by atoms with Gasteiger partial charge in [-0.3, -0.25) is 4.79 Å². The molecule has 3 rings (SSSR count). The monoisotopic (exact) mass is 296 g/mol. The largest absolute Gasteiger partial charge is 0.464 e. The summed E-state index contributed by atoms with van der Waals surface area (Å²) in [6.45, 7) is 1.91. The van der Waals surface area contributed by atoms with Gasteiger partial charge in [0, 0.05) is 24.2 Å². The standard InChI is InChI=1S/C17H16N2O3/c1-12(15-8-10-22-18-15)19(2)17(20)14-6-3-5-13(11-14)16-7-4-9-21-16/h3-12H,1-2H3. The Hall–Kier alpha value is -2.82. The van der Waals surface area contributed by atoms with E-state index in [1.54, 1.807) is 30.3 Å². The van der Waals surface area contributed by atoms with E-state index in [2.05, 4.69) is 5.16 Å². The van der Waals surface area contributed by atoms with Crippen LogP contribution in [0.5, 0.6) is 0 Å². The Kier molecular flexibility index (Phi) is 3.78. The van der Waals surface area contributed by atoms with Crippen LogP contribution in [0.1, 0.15) is 29.0 Å². The quantitative estimate of drug-likeness (QED) is 0.735. The molecule has 2 aromatic heterocycles. The van der Waals surface area contributed by atoms with Crippen LogP contribution in [0.4, 0.5) is 0 Å². The van der Waals surface area contributed by atoms with Gasteiger partial charge in [0.15, 0.2) is 0 Å². The van der Waals surface area contributed by atoms with Crippen molar-refractivity contribution in [2.24, 2.45) is 0 Å². The minimum atomic E-state index is -0.168. The first-order valence-electron chi connectivity index (χ1n) is 6.98. The van der Waals surface area contributed by atoms with Gasteiger partial charge in [0.2, 0.25) is 0 Å². The van der Waals surface area contributed by atoms with Crippen LogP contribution in [0, 0.1) is 0 Å². The van der Waals surface area contributed by atoms with Gasteiger partial charge in [-0.2, -0.15) is 0 Å². The maximum atomic E-state index is 12.6. The minimum absolute atomic E-state index is 0.0797. The maximum Gasteiger partial charge on any atom is 0.254 e.